The number of carbonyl (C=O) groups excluding carboxylic acids is 3. The summed E-state index contributed by atoms with van der Waals surface area (Å²) in [6.07, 6.45) is 0.396. The standard InChI is InChI=1S/C30H33NO6/c1-6-36-29(33)24-18(4)31-23-16-22(20-9-8-10-21(15-20)35-5)26(30(34)37-7-2)28(32)27(23)25(24)19-13-11-17(3)12-14-19/h8-15,22,25-26,31H,6-7,16H2,1-5H3/t22-,25+,26-/m1/s1. The van der Waals surface area contributed by atoms with Crippen LogP contribution in [-0.2, 0) is 23.9 Å². The predicted molar refractivity (Wildman–Crippen MR) is 139 cm³/mol. The van der Waals surface area contributed by atoms with Crippen LogP contribution in [0.1, 0.15) is 55.7 Å². The van der Waals surface area contributed by atoms with Crippen LogP contribution in [0.4, 0.5) is 0 Å². The van der Waals surface area contributed by atoms with Gasteiger partial charge in [-0.1, -0.05) is 42.0 Å². The molecule has 7 heteroatoms. The molecule has 1 aliphatic heterocycles. The van der Waals surface area contributed by atoms with E-state index in [1.165, 1.54) is 0 Å². The zero-order valence-corrected chi connectivity index (χ0v) is 21.9. The molecule has 2 aromatic rings. The predicted octanol–water partition coefficient (Wildman–Crippen LogP) is 4.72. The van der Waals surface area contributed by atoms with E-state index in [9.17, 15) is 14.4 Å². The first kappa shape index (κ1) is 26.2. The molecule has 7 nitrogen and oxygen atoms in total. The second-order valence-electron chi connectivity index (χ2n) is 9.30. The maximum Gasteiger partial charge on any atom is 0.336 e. The van der Waals surface area contributed by atoms with Crippen molar-refractivity contribution in [2.24, 2.45) is 5.92 Å². The normalized spacial score (nSPS) is 21.2. The van der Waals surface area contributed by atoms with Gasteiger partial charge in [0.15, 0.2) is 5.78 Å². The third kappa shape index (κ3) is 5.03. The second kappa shape index (κ2) is 11.0. The SMILES string of the molecule is CCOC(=O)C1=C(C)NC2=C(C(=O)[C@H](C(=O)OCC)[C@@H](c3cccc(OC)c3)C2)[C@H]1c1ccc(C)cc1. The molecular weight excluding hydrogens is 470 g/mol. The number of methoxy groups -OCH3 is 1. The van der Waals surface area contributed by atoms with Crippen molar-refractivity contribution in [2.75, 3.05) is 20.3 Å². The van der Waals surface area contributed by atoms with Crippen molar-refractivity contribution in [1.82, 2.24) is 5.32 Å². The molecule has 0 saturated heterocycles. The Bertz CT molecular complexity index is 1270. The Labute approximate surface area is 217 Å². The molecular formula is C30H33NO6. The molecule has 0 fully saturated rings. The number of ether oxygens (including phenoxy) is 3. The Morgan fingerprint density at radius 2 is 1.68 bits per heavy atom. The Hall–Kier alpha value is -3.87. The molecule has 1 heterocycles. The van der Waals surface area contributed by atoms with Crippen LogP contribution >= 0.6 is 0 Å². The summed E-state index contributed by atoms with van der Waals surface area (Å²) in [6, 6.07) is 15.2. The van der Waals surface area contributed by atoms with E-state index in [2.05, 4.69) is 5.32 Å². The van der Waals surface area contributed by atoms with Crippen molar-refractivity contribution < 1.29 is 28.6 Å². The summed E-state index contributed by atoms with van der Waals surface area (Å²) in [7, 11) is 1.58. The van der Waals surface area contributed by atoms with E-state index in [1.54, 1.807) is 21.0 Å². The summed E-state index contributed by atoms with van der Waals surface area (Å²) in [4.78, 5) is 40.7. The molecule has 0 amide bonds. The summed E-state index contributed by atoms with van der Waals surface area (Å²) < 4.78 is 16.2. The van der Waals surface area contributed by atoms with Gasteiger partial charge in [-0.15, -0.1) is 0 Å². The number of benzene rings is 2. The number of aryl methyl sites for hydroxylation is 1. The van der Waals surface area contributed by atoms with Crippen molar-refractivity contribution >= 4 is 17.7 Å². The van der Waals surface area contributed by atoms with Gasteiger partial charge in [0.1, 0.15) is 11.7 Å². The van der Waals surface area contributed by atoms with Crippen LogP contribution in [0.5, 0.6) is 5.75 Å². The molecule has 194 valence electrons. The zero-order valence-electron chi connectivity index (χ0n) is 21.9. The summed E-state index contributed by atoms with van der Waals surface area (Å²) in [6.45, 7) is 7.63. The molecule has 4 rings (SSSR count). The molecule has 1 N–H and O–H groups in total. The van der Waals surface area contributed by atoms with Gasteiger partial charge in [-0.3, -0.25) is 9.59 Å². The zero-order chi connectivity index (χ0) is 26.7. The van der Waals surface area contributed by atoms with Gasteiger partial charge in [0.2, 0.25) is 0 Å². The fourth-order valence-electron chi connectivity index (χ4n) is 5.29. The number of carbonyl (C=O) groups is 3. The molecule has 37 heavy (non-hydrogen) atoms. The fraction of sp³-hybridized carbons (Fsp3) is 0.367. The molecule has 0 bridgehead atoms. The van der Waals surface area contributed by atoms with Crippen molar-refractivity contribution in [1.29, 1.82) is 0 Å². The van der Waals surface area contributed by atoms with Crippen LogP contribution in [0.25, 0.3) is 0 Å². The number of esters is 2. The topological polar surface area (TPSA) is 90.9 Å². The minimum atomic E-state index is -1.05. The van der Waals surface area contributed by atoms with Crippen molar-refractivity contribution in [2.45, 2.75) is 46.0 Å². The average Bonchev–Trinajstić information content (AvgIpc) is 2.88. The maximum absolute atomic E-state index is 14.3. The Balaban J connectivity index is 1.89. The van der Waals surface area contributed by atoms with E-state index in [1.807, 2.05) is 62.4 Å². The molecule has 0 spiro atoms. The smallest absolute Gasteiger partial charge is 0.336 e. The van der Waals surface area contributed by atoms with Gasteiger partial charge in [0.05, 0.1) is 25.9 Å². The highest BCUT2D eigenvalue weighted by atomic mass is 16.5. The molecule has 2 aliphatic rings. The Kier molecular flexibility index (Phi) is 7.81. The van der Waals surface area contributed by atoms with Crippen molar-refractivity contribution in [3.05, 3.63) is 87.8 Å². The van der Waals surface area contributed by atoms with E-state index in [4.69, 9.17) is 14.2 Å². The van der Waals surface area contributed by atoms with E-state index in [0.717, 1.165) is 16.7 Å². The third-order valence-electron chi connectivity index (χ3n) is 6.99. The van der Waals surface area contributed by atoms with Gasteiger partial charge >= 0.3 is 11.9 Å². The Morgan fingerprint density at radius 1 is 0.973 bits per heavy atom. The first-order chi connectivity index (χ1) is 17.8. The number of rotatable bonds is 7. The van der Waals surface area contributed by atoms with Crippen molar-refractivity contribution in [3.63, 3.8) is 0 Å². The summed E-state index contributed by atoms with van der Waals surface area (Å²) in [5.41, 5.74) is 4.78. The fourth-order valence-corrected chi connectivity index (χ4v) is 5.29. The first-order valence-electron chi connectivity index (χ1n) is 12.6. The highest BCUT2D eigenvalue weighted by Crippen LogP contribution is 2.48. The number of allylic oxidation sites excluding steroid dienone is 3. The molecule has 3 atom stereocenters. The first-order valence-corrected chi connectivity index (χ1v) is 12.6. The quantitative estimate of drug-likeness (QED) is 0.432. The summed E-state index contributed by atoms with van der Waals surface area (Å²) in [5.74, 6) is -2.93. The lowest BCUT2D eigenvalue weighted by molar-refractivity contribution is -0.152. The molecule has 0 radical (unpaired) electrons. The lowest BCUT2D eigenvalue weighted by atomic mass is 9.67. The van der Waals surface area contributed by atoms with Gasteiger partial charge in [0.25, 0.3) is 0 Å². The number of nitrogens with one attached hydrogen (secondary N) is 1. The second-order valence-corrected chi connectivity index (χ2v) is 9.30. The van der Waals surface area contributed by atoms with Crippen LogP contribution < -0.4 is 10.1 Å². The molecule has 0 aromatic heterocycles. The van der Waals surface area contributed by atoms with Gasteiger partial charge in [-0.2, -0.15) is 0 Å². The van der Waals surface area contributed by atoms with Gasteiger partial charge in [0, 0.05) is 28.8 Å². The van der Waals surface area contributed by atoms with E-state index < -0.39 is 29.7 Å². The van der Waals surface area contributed by atoms with E-state index in [0.29, 0.717) is 34.7 Å². The lowest BCUT2D eigenvalue weighted by Gasteiger charge is -2.39. The number of hydrogen-bond donors (Lipinski definition) is 1. The number of Topliss-reactive ketones (excluding diaryl/α,β-unsaturated/α-hetero) is 1. The summed E-state index contributed by atoms with van der Waals surface area (Å²) in [5, 5.41) is 3.32. The van der Waals surface area contributed by atoms with Crippen LogP contribution in [0.15, 0.2) is 71.1 Å². The molecule has 0 saturated carbocycles. The van der Waals surface area contributed by atoms with E-state index >= 15 is 0 Å². The highest BCUT2D eigenvalue weighted by Gasteiger charge is 2.49. The minimum Gasteiger partial charge on any atom is -0.497 e. The Morgan fingerprint density at radius 3 is 2.32 bits per heavy atom. The average molecular weight is 504 g/mol. The molecule has 0 unspecified atom stereocenters. The number of ketones is 1. The van der Waals surface area contributed by atoms with Crippen LogP contribution in [0.3, 0.4) is 0 Å². The molecule has 2 aromatic carbocycles. The number of dihydropyridines is 1. The highest BCUT2D eigenvalue weighted by molar-refractivity contribution is 6.13. The monoisotopic (exact) mass is 503 g/mol. The van der Waals surface area contributed by atoms with Crippen LogP contribution in [0.2, 0.25) is 0 Å². The van der Waals surface area contributed by atoms with Gasteiger partial charge < -0.3 is 19.5 Å². The minimum absolute atomic E-state index is 0.159. The van der Waals surface area contributed by atoms with E-state index in [-0.39, 0.29) is 19.0 Å². The lowest BCUT2D eigenvalue weighted by Crippen LogP contribution is -2.43. The summed E-state index contributed by atoms with van der Waals surface area (Å²) >= 11 is 0. The maximum atomic E-state index is 14.3. The molecule has 1 aliphatic carbocycles. The largest absolute Gasteiger partial charge is 0.497 e. The van der Waals surface area contributed by atoms with Crippen molar-refractivity contribution in [3.8, 4) is 5.75 Å². The van der Waals surface area contributed by atoms with Crippen LogP contribution in [0, 0.1) is 12.8 Å². The van der Waals surface area contributed by atoms with Gasteiger partial charge in [-0.25, -0.2) is 4.79 Å². The van der Waals surface area contributed by atoms with Gasteiger partial charge in [-0.05, 0) is 57.4 Å². The van der Waals surface area contributed by atoms with Crippen LogP contribution in [-0.4, -0.2) is 38.0 Å². The third-order valence-corrected chi connectivity index (χ3v) is 6.99. The number of hydrogen-bond acceptors (Lipinski definition) is 7.